The lowest BCUT2D eigenvalue weighted by atomic mass is 9.96. The van der Waals surface area contributed by atoms with Crippen LogP contribution < -0.4 is 10.6 Å². The Hall–Kier alpha value is -1.18. The van der Waals surface area contributed by atoms with Crippen LogP contribution in [0.1, 0.15) is 19.3 Å². The van der Waals surface area contributed by atoms with Crippen LogP contribution in [0.2, 0.25) is 0 Å². The van der Waals surface area contributed by atoms with Gasteiger partial charge < -0.3 is 20.1 Å². The average molecular weight is 311 g/mol. The third-order valence-corrected chi connectivity index (χ3v) is 4.82. The molecule has 0 aromatic carbocycles. The number of rotatable bonds is 5. The molecule has 0 saturated carbocycles. The van der Waals surface area contributed by atoms with Gasteiger partial charge in [-0.1, -0.05) is 0 Å². The Morgan fingerprint density at radius 3 is 2.73 bits per heavy atom. The van der Waals surface area contributed by atoms with Crippen molar-refractivity contribution in [3.05, 3.63) is 0 Å². The highest BCUT2D eigenvalue weighted by atomic mass is 16.5. The van der Waals surface area contributed by atoms with Gasteiger partial charge in [-0.05, 0) is 12.8 Å². The second-order valence-corrected chi connectivity index (χ2v) is 6.24. The molecule has 0 aromatic heterocycles. The van der Waals surface area contributed by atoms with Crippen molar-refractivity contribution in [2.75, 3.05) is 46.1 Å². The van der Waals surface area contributed by atoms with E-state index in [0.29, 0.717) is 25.3 Å². The summed E-state index contributed by atoms with van der Waals surface area (Å²) < 4.78 is 10.9. The maximum atomic E-state index is 12.2. The lowest BCUT2D eigenvalue weighted by Gasteiger charge is -2.37. The Morgan fingerprint density at radius 2 is 2.09 bits per heavy atom. The molecule has 22 heavy (non-hydrogen) atoms. The summed E-state index contributed by atoms with van der Waals surface area (Å²) in [4.78, 5) is 25.8. The molecule has 3 atom stereocenters. The summed E-state index contributed by atoms with van der Waals surface area (Å²) in [5, 5.41) is 5.74. The van der Waals surface area contributed by atoms with Crippen LogP contribution in [0.15, 0.2) is 0 Å². The number of morpholine rings is 1. The highest BCUT2D eigenvalue weighted by Gasteiger charge is 2.33. The lowest BCUT2D eigenvalue weighted by Crippen LogP contribution is -2.54. The fraction of sp³-hybridized carbons (Fsp3) is 0.867. The fourth-order valence-corrected chi connectivity index (χ4v) is 3.50. The molecule has 124 valence electrons. The van der Waals surface area contributed by atoms with E-state index in [9.17, 15) is 9.59 Å². The monoisotopic (exact) mass is 311 g/mol. The largest absolute Gasteiger partial charge is 0.381 e. The molecule has 0 aliphatic carbocycles. The normalized spacial score (nSPS) is 31.0. The van der Waals surface area contributed by atoms with E-state index < -0.39 is 0 Å². The van der Waals surface area contributed by atoms with Crippen LogP contribution in [0, 0.1) is 5.92 Å². The zero-order valence-electron chi connectivity index (χ0n) is 12.9. The molecule has 0 bridgehead atoms. The first kappa shape index (κ1) is 15.7. The van der Waals surface area contributed by atoms with Crippen LogP contribution in [-0.4, -0.2) is 74.9 Å². The number of nitrogens with zero attached hydrogens (tertiary/aromatic N) is 1. The zero-order chi connectivity index (χ0) is 15.4. The van der Waals surface area contributed by atoms with Gasteiger partial charge in [0.15, 0.2) is 0 Å². The molecule has 0 aromatic rings. The van der Waals surface area contributed by atoms with Gasteiger partial charge >= 0.3 is 0 Å². The van der Waals surface area contributed by atoms with E-state index in [1.165, 1.54) is 0 Å². The van der Waals surface area contributed by atoms with Crippen molar-refractivity contribution in [3.63, 3.8) is 0 Å². The molecule has 3 saturated heterocycles. The van der Waals surface area contributed by atoms with Crippen molar-refractivity contribution in [1.82, 2.24) is 15.5 Å². The van der Waals surface area contributed by atoms with Crippen molar-refractivity contribution in [3.8, 4) is 0 Å². The first-order valence-electron chi connectivity index (χ1n) is 8.20. The third kappa shape index (κ3) is 3.77. The smallest absolute Gasteiger partial charge is 0.242 e. The van der Waals surface area contributed by atoms with E-state index in [4.69, 9.17) is 9.47 Å². The van der Waals surface area contributed by atoms with Gasteiger partial charge in [-0.3, -0.25) is 14.5 Å². The molecule has 0 spiro atoms. The van der Waals surface area contributed by atoms with Gasteiger partial charge in [0, 0.05) is 44.6 Å². The zero-order valence-corrected chi connectivity index (χ0v) is 12.9. The molecular weight excluding hydrogens is 286 g/mol. The molecule has 7 heteroatoms. The predicted octanol–water partition coefficient (Wildman–Crippen LogP) is -0.881. The van der Waals surface area contributed by atoms with E-state index >= 15 is 0 Å². The molecule has 2 N–H and O–H groups in total. The number of carbonyl (C=O) groups is 2. The first-order chi connectivity index (χ1) is 10.7. The lowest BCUT2D eigenvalue weighted by molar-refractivity contribution is -0.126. The number of carbonyl (C=O) groups excluding carboxylic acids is 2. The minimum Gasteiger partial charge on any atom is -0.381 e. The Kier molecular flexibility index (Phi) is 5.28. The summed E-state index contributed by atoms with van der Waals surface area (Å²) in [6, 6.07) is -0.0786. The molecule has 7 nitrogen and oxygen atoms in total. The molecule has 3 aliphatic rings. The van der Waals surface area contributed by atoms with E-state index in [2.05, 4.69) is 15.5 Å². The standard InChI is InChI=1S/C15H25N3O4/c19-14-2-1-12(17-14)15(20)16-9-13(11-3-6-22-10-11)18-4-7-21-8-5-18/h11-13H,1-10H2,(H,16,20)(H,17,19)/t11-,12+,13+/m0/s1. The van der Waals surface area contributed by atoms with Gasteiger partial charge in [-0.15, -0.1) is 0 Å². The minimum atomic E-state index is -0.363. The summed E-state index contributed by atoms with van der Waals surface area (Å²) >= 11 is 0. The minimum absolute atomic E-state index is 0.0333. The van der Waals surface area contributed by atoms with E-state index in [1.807, 2.05) is 0 Å². The first-order valence-corrected chi connectivity index (χ1v) is 8.20. The molecule has 3 heterocycles. The van der Waals surface area contributed by atoms with Crippen LogP contribution in [0.5, 0.6) is 0 Å². The SMILES string of the molecule is O=C1CC[C@H](C(=O)NC[C@H]([C@H]2CCOC2)N2CCOCC2)N1. The van der Waals surface area contributed by atoms with Gasteiger partial charge in [0.05, 0.1) is 19.8 Å². The molecule has 0 unspecified atom stereocenters. The van der Waals surface area contributed by atoms with Crippen LogP contribution in [-0.2, 0) is 19.1 Å². The second kappa shape index (κ2) is 7.39. The molecule has 3 fully saturated rings. The summed E-state index contributed by atoms with van der Waals surface area (Å²) in [5.41, 5.74) is 0. The number of nitrogens with one attached hydrogen (secondary N) is 2. The Balaban J connectivity index is 1.54. The molecule has 3 aliphatic heterocycles. The van der Waals surface area contributed by atoms with Gasteiger partial charge in [0.25, 0.3) is 0 Å². The third-order valence-electron chi connectivity index (χ3n) is 4.82. The van der Waals surface area contributed by atoms with Crippen LogP contribution in [0.4, 0.5) is 0 Å². The molecule has 2 amide bonds. The topological polar surface area (TPSA) is 79.9 Å². The van der Waals surface area contributed by atoms with Gasteiger partial charge in [-0.2, -0.15) is 0 Å². The van der Waals surface area contributed by atoms with Crippen LogP contribution in [0.3, 0.4) is 0 Å². The average Bonchev–Trinajstić information content (AvgIpc) is 3.20. The highest BCUT2D eigenvalue weighted by Crippen LogP contribution is 2.22. The molecule has 0 radical (unpaired) electrons. The molecule has 3 rings (SSSR count). The van der Waals surface area contributed by atoms with Crippen LogP contribution in [0.25, 0.3) is 0 Å². The maximum Gasteiger partial charge on any atom is 0.242 e. The predicted molar refractivity (Wildman–Crippen MR) is 79.3 cm³/mol. The maximum absolute atomic E-state index is 12.2. The van der Waals surface area contributed by atoms with Gasteiger partial charge in [-0.25, -0.2) is 0 Å². The quantitative estimate of drug-likeness (QED) is 0.689. The summed E-state index contributed by atoms with van der Waals surface area (Å²) in [5.74, 6) is 0.355. The van der Waals surface area contributed by atoms with Crippen molar-refractivity contribution < 1.29 is 19.1 Å². The number of hydrogen-bond donors (Lipinski definition) is 2. The summed E-state index contributed by atoms with van der Waals surface area (Å²) in [7, 11) is 0. The van der Waals surface area contributed by atoms with Crippen molar-refractivity contribution in [1.29, 1.82) is 0 Å². The van der Waals surface area contributed by atoms with Crippen LogP contribution >= 0.6 is 0 Å². The Morgan fingerprint density at radius 1 is 1.27 bits per heavy atom. The highest BCUT2D eigenvalue weighted by molar-refractivity contribution is 5.90. The van der Waals surface area contributed by atoms with Gasteiger partial charge in [0.2, 0.25) is 11.8 Å². The van der Waals surface area contributed by atoms with E-state index in [1.54, 1.807) is 0 Å². The summed E-state index contributed by atoms with van der Waals surface area (Å²) in [6.07, 6.45) is 2.08. The number of hydrogen-bond acceptors (Lipinski definition) is 5. The van der Waals surface area contributed by atoms with Crippen molar-refractivity contribution in [2.45, 2.75) is 31.3 Å². The number of ether oxygens (including phenoxy) is 2. The van der Waals surface area contributed by atoms with Crippen molar-refractivity contribution >= 4 is 11.8 Å². The molecular formula is C15H25N3O4. The Labute approximate surface area is 130 Å². The van der Waals surface area contributed by atoms with Crippen molar-refractivity contribution in [2.24, 2.45) is 5.92 Å². The van der Waals surface area contributed by atoms with Gasteiger partial charge in [0.1, 0.15) is 6.04 Å². The Bertz CT molecular complexity index is 406. The number of amides is 2. The second-order valence-electron chi connectivity index (χ2n) is 6.24. The summed E-state index contributed by atoms with van der Waals surface area (Å²) in [6.45, 7) is 5.47. The van der Waals surface area contributed by atoms with E-state index in [-0.39, 0.29) is 23.9 Å². The van der Waals surface area contributed by atoms with E-state index in [0.717, 1.165) is 45.9 Å². The fourth-order valence-electron chi connectivity index (χ4n) is 3.50.